The number of allylic oxidation sites excluding steroid dienone is 13. The van der Waals surface area contributed by atoms with Gasteiger partial charge in [-0.15, -0.1) is 0 Å². The number of nitrogens with zero attached hydrogens (tertiary/aromatic N) is 1. The van der Waals surface area contributed by atoms with E-state index in [2.05, 4.69) is 241 Å². The molecule has 0 radical (unpaired) electrons. The average Bonchev–Trinajstić information content (AvgIpc) is 3.90. The first-order chi connectivity index (χ1) is 33.7. The topological polar surface area (TPSA) is 4.93 Å². The van der Waals surface area contributed by atoms with Crippen molar-refractivity contribution in [2.24, 2.45) is 11.8 Å². The molecule has 0 fully saturated rings. The average molecular weight is 868 g/mol. The van der Waals surface area contributed by atoms with Gasteiger partial charge in [0.2, 0.25) is 0 Å². The number of rotatable bonds is 6. The van der Waals surface area contributed by atoms with Gasteiger partial charge >= 0.3 is 0 Å². The molecule has 0 saturated carbocycles. The van der Waals surface area contributed by atoms with E-state index in [1.165, 1.54) is 116 Å². The first-order valence-electron chi connectivity index (χ1n) is 24.5. The fraction of sp³-hybridized carbons (Fsp3) is 0.104. The van der Waals surface area contributed by atoms with Crippen molar-refractivity contribution in [3.05, 3.63) is 281 Å². The highest BCUT2D eigenvalue weighted by Gasteiger charge is 2.47. The standard InChI is InChI=1S/C67H49N/c1-3-19-50(20-4-1)67(51-21-5-2-6-22-51)61-29-15-13-23-53(61)54-39-35-49(43-62(54)67)66-58-27-11-9-25-56(58)65(57-26-10-12-28-59(57)66)45-33-37-52(38-34-45)68-63-30-16-14-24-55(63)60-42-48(36-40-64(60)68)47-32-31-44-17-7-8-18-46(44)41-47/h1-12,14-22,24-30,32-41,43-44,48H,13,23,31,42H2. The zero-order chi connectivity index (χ0) is 44.8. The van der Waals surface area contributed by atoms with Crippen molar-refractivity contribution in [2.75, 3.05) is 0 Å². The summed E-state index contributed by atoms with van der Waals surface area (Å²) in [5, 5.41) is 6.42. The van der Waals surface area contributed by atoms with Crippen molar-refractivity contribution in [1.82, 2.24) is 4.57 Å². The van der Waals surface area contributed by atoms with E-state index in [9.17, 15) is 0 Å². The van der Waals surface area contributed by atoms with Gasteiger partial charge in [0.15, 0.2) is 0 Å². The van der Waals surface area contributed by atoms with E-state index < -0.39 is 5.41 Å². The summed E-state index contributed by atoms with van der Waals surface area (Å²) in [6.07, 6.45) is 27.8. The first kappa shape index (κ1) is 39.2. The molecule has 1 nitrogen and oxygen atoms in total. The van der Waals surface area contributed by atoms with Gasteiger partial charge in [-0.2, -0.15) is 0 Å². The summed E-state index contributed by atoms with van der Waals surface area (Å²) in [6, 6.07) is 66.4. The van der Waals surface area contributed by atoms with Crippen LogP contribution in [0.2, 0.25) is 0 Å². The summed E-state index contributed by atoms with van der Waals surface area (Å²) >= 11 is 0. The van der Waals surface area contributed by atoms with E-state index >= 15 is 0 Å². The zero-order valence-corrected chi connectivity index (χ0v) is 37.9. The molecule has 5 aliphatic rings. The molecule has 0 aliphatic heterocycles. The number of aromatic nitrogens is 1. The van der Waals surface area contributed by atoms with E-state index in [0.717, 1.165) is 25.7 Å². The molecule has 2 atom stereocenters. The first-order valence-corrected chi connectivity index (χ1v) is 24.5. The van der Waals surface area contributed by atoms with Gasteiger partial charge in [-0.05, 0) is 150 Å². The quantitative estimate of drug-likeness (QED) is 0.147. The minimum Gasteiger partial charge on any atom is -0.310 e. The van der Waals surface area contributed by atoms with Crippen molar-refractivity contribution in [2.45, 2.75) is 31.1 Å². The molecule has 8 aromatic carbocycles. The Bertz CT molecular complexity index is 3670. The van der Waals surface area contributed by atoms with Crippen LogP contribution in [0.25, 0.3) is 72.0 Å². The van der Waals surface area contributed by atoms with Gasteiger partial charge in [0, 0.05) is 28.6 Å². The largest absolute Gasteiger partial charge is 0.310 e. The molecule has 5 aliphatic carbocycles. The Kier molecular flexibility index (Phi) is 8.96. The monoisotopic (exact) mass is 867 g/mol. The molecule has 1 aromatic heterocycles. The Labute approximate surface area is 398 Å². The van der Waals surface area contributed by atoms with Crippen LogP contribution in [0.3, 0.4) is 0 Å². The molecule has 9 aromatic rings. The second-order valence-corrected chi connectivity index (χ2v) is 19.3. The molecule has 0 spiro atoms. The van der Waals surface area contributed by atoms with Crippen LogP contribution in [0.4, 0.5) is 0 Å². The fourth-order valence-electron chi connectivity index (χ4n) is 12.9. The number of hydrogen-bond donors (Lipinski definition) is 0. The Morgan fingerprint density at radius 2 is 1.15 bits per heavy atom. The smallest absolute Gasteiger partial charge is 0.0710 e. The molecule has 0 amide bonds. The van der Waals surface area contributed by atoms with Crippen molar-refractivity contribution in [3.8, 4) is 27.9 Å². The molecule has 14 rings (SSSR count). The van der Waals surface area contributed by atoms with E-state index in [1.807, 2.05) is 0 Å². The molecular formula is C67H49N. The van der Waals surface area contributed by atoms with Gasteiger partial charge in [-0.25, -0.2) is 0 Å². The SMILES string of the molecule is C1=CC2=CC(C3C=Cc4c(c5ccccc5n4-c4ccc(-c5c6ccccc6c(-c6ccc7c(c6)C(c6ccccc6)(c6ccccc6)C6=C7CCC=C6)c6ccccc56)cc4)C3)=CCC2C=C1. The number of hydrogen-bond acceptors (Lipinski definition) is 0. The van der Waals surface area contributed by atoms with Crippen LogP contribution in [0, 0.1) is 11.8 Å². The van der Waals surface area contributed by atoms with E-state index in [0.29, 0.717) is 11.8 Å². The van der Waals surface area contributed by atoms with Crippen molar-refractivity contribution >= 4 is 44.1 Å². The van der Waals surface area contributed by atoms with E-state index in [4.69, 9.17) is 0 Å². The third-order valence-electron chi connectivity index (χ3n) is 15.8. The lowest BCUT2D eigenvalue weighted by atomic mass is 9.66. The normalized spacial score (nSPS) is 18.6. The van der Waals surface area contributed by atoms with Crippen molar-refractivity contribution in [1.29, 1.82) is 0 Å². The fourth-order valence-corrected chi connectivity index (χ4v) is 12.9. The highest BCUT2D eigenvalue weighted by Crippen LogP contribution is 2.58. The minimum atomic E-state index is -0.422. The molecule has 1 heteroatoms. The second kappa shape index (κ2) is 15.5. The van der Waals surface area contributed by atoms with Crippen molar-refractivity contribution in [3.63, 3.8) is 0 Å². The lowest BCUT2D eigenvalue weighted by molar-refractivity contribution is 0.711. The van der Waals surface area contributed by atoms with Gasteiger partial charge in [0.1, 0.15) is 0 Å². The molecule has 0 bridgehead atoms. The predicted molar refractivity (Wildman–Crippen MR) is 286 cm³/mol. The van der Waals surface area contributed by atoms with Crippen molar-refractivity contribution < 1.29 is 0 Å². The van der Waals surface area contributed by atoms with Crippen LogP contribution in [-0.4, -0.2) is 4.57 Å². The third-order valence-corrected chi connectivity index (χ3v) is 15.8. The van der Waals surface area contributed by atoms with Gasteiger partial charge in [0.05, 0.1) is 10.9 Å². The maximum atomic E-state index is 2.55. The molecule has 322 valence electrons. The summed E-state index contributed by atoms with van der Waals surface area (Å²) in [4.78, 5) is 0. The van der Waals surface area contributed by atoms with Crippen LogP contribution >= 0.6 is 0 Å². The van der Waals surface area contributed by atoms with E-state index in [-0.39, 0.29) is 0 Å². The second-order valence-electron chi connectivity index (χ2n) is 19.3. The Balaban J connectivity index is 0.898. The lowest BCUT2D eigenvalue weighted by Crippen LogP contribution is -2.29. The molecule has 68 heavy (non-hydrogen) atoms. The molecule has 0 saturated heterocycles. The highest BCUT2D eigenvalue weighted by atomic mass is 15.0. The maximum Gasteiger partial charge on any atom is 0.0710 e. The Hall–Kier alpha value is -8.00. The summed E-state index contributed by atoms with van der Waals surface area (Å²) in [5.41, 5.74) is 21.0. The van der Waals surface area contributed by atoms with Crippen LogP contribution in [0.15, 0.2) is 247 Å². The summed E-state index contributed by atoms with van der Waals surface area (Å²) in [6.45, 7) is 0. The van der Waals surface area contributed by atoms with Gasteiger partial charge in [-0.1, -0.05) is 206 Å². The lowest BCUT2D eigenvalue weighted by Gasteiger charge is -2.35. The Morgan fingerprint density at radius 1 is 0.515 bits per heavy atom. The van der Waals surface area contributed by atoms with E-state index in [1.54, 1.807) is 0 Å². The summed E-state index contributed by atoms with van der Waals surface area (Å²) in [7, 11) is 0. The maximum absolute atomic E-state index is 2.55. The third kappa shape index (κ3) is 5.82. The molecular weight excluding hydrogens is 819 g/mol. The van der Waals surface area contributed by atoms with Gasteiger partial charge in [0.25, 0.3) is 0 Å². The zero-order valence-electron chi connectivity index (χ0n) is 37.9. The highest BCUT2D eigenvalue weighted by molar-refractivity contribution is 6.21. The minimum absolute atomic E-state index is 0.368. The Morgan fingerprint density at radius 3 is 1.85 bits per heavy atom. The van der Waals surface area contributed by atoms with Crippen LogP contribution < -0.4 is 0 Å². The van der Waals surface area contributed by atoms with Gasteiger partial charge in [-0.3, -0.25) is 0 Å². The number of para-hydroxylation sites is 1. The molecule has 2 unspecified atom stereocenters. The van der Waals surface area contributed by atoms with Gasteiger partial charge < -0.3 is 4.57 Å². The van der Waals surface area contributed by atoms with Crippen LogP contribution in [0.5, 0.6) is 0 Å². The summed E-state index contributed by atoms with van der Waals surface area (Å²) in [5.74, 6) is 0.880. The number of benzene rings is 8. The number of fused-ring (bicyclic) bond motifs is 8. The molecule has 1 heterocycles. The molecule has 0 N–H and O–H groups in total. The predicted octanol–water partition coefficient (Wildman–Crippen LogP) is 16.9. The van der Waals surface area contributed by atoms with Crippen LogP contribution in [-0.2, 0) is 11.8 Å². The van der Waals surface area contributed by atoms with Crippen LogP contribution in [0.1, 0.15) is 52.8 Å². The summed E-state index contributed by atoms with van der Waals surface area (Å²) < 4.78 is 2.49.